The maximum absolute atomic E-state index is 11.6. The summed E-state index contributed by atoms with van der Waals surface area (Å²) in [5.74, 6) is 1.27. The summed E-state index contributed by atoms with van der Waals surface area (Å²) in [5.41, 5.74) is 2.28. The van der Waals surface area contributed by atoms with Crippen LogP contribution in [0.25, 0.3) is 11.0 Å². The van der Waals surface area contributed by atoms with E-state index in [1.807, 2.05) is 18.2 Å². The fourth-order valence-electron chi connectivity index (χ4n) is 2.12. The molecule has 0 saturated carbocycles. The highest BCUT2D eigenvalue weighted by Crippen LogP contribution is 2.23. The number of benzene rings is 2. The van der Waals surface area contributed by atoms with E-state index in [0.717, 1.165) is 16.8 Å². The standard InChI is InChI=1S/C15H15N3O3S/c1-21-11-6-7-13-14(9-11)18-15(17-13)16-10-4-3-5-12(8-10)22(2,19)20/h3-9H,1-2H3,(H2,16,17,18). The molecule has 1 heterocycles. The van der Waals surface area contributed by atoms with Crippen LogP contribution in [0.3, 0.4) is 0 Å². The van der Waals surface area contributed by atoms with Gasteiger partial charge in [0.15, 0.2) is 9.84 Å². The second-order valence-corrected chi connectivity index (χ2v) is 6.91. The predicted octanol–water partition coefficient (Wildman–Crippen LogP) is 2.72. The highest BCUT2D eigenvalue weighted by atomic mass is 32.2. The van der Waals surface area contributed by atoms with Crippen LogP contribution in [0.15, 0.2) is 47.4 Å². The second-order valence-electron chi connectivity index (χ2n) is 4.89. The van der Waals surface area contributed by atoms with E-state index in [4.69, 9.17) is 4.74 Å². The number of methoxy groups -OCH3 is 1. The molecule has 3 aromatic rings. The number of aromatic nitrogens is 2. The van der Waals surface area contributed by atoms with Crippen LogP contribution in [-0.4, -0.2) is 31.8 Å². The first-order valence-electron chi connectivity index (χ1n) is 6.56. The molecule has 0 unspecified atom stereocenters. The number of nitrogens with one attached hydrogen (secondary N) is 2. The van der Waals surface area contributed by atoms with Gasteiger partial charge in [-0.2, -0.15) is 0 Å². The lowest BCUT2D eigenvalue weighted by atomic mass is 10.3. The van der Waals surface area contributed by atoms with E-state index in [2.05, 4.69) is 15.3 Å². The fourth-order valence-corrected chi connectivity index (χ4v) is 2.78. The SMILES string of the molecule is COc1ccc2nc(Nc3cccc(S(C)(=O)=O)c3)[nH]c2c1. The zero-order valence-corrected chi connectivity index (χ0v) is 12.9. The van der Waals surface area contributed by atoms with Gasteiger partial charge >= 0.3 is 0 Å². The topological polar surface area (TPSA) is 84.1 Å². The number of anilines is 2. The van der Waals surface area contributed by atoms with Crippen molar-refractivity contribution >= 4 is 32.5 Å². The number of sulfone groups is 1. The third kappa shape index (κ3) is 2.89. The van der Waals surface area contributed by atoms with E-state index in [1.54, 1.807) is 31.4 Å². The summed E-state index contributed by atoms with van der Waals surface area (Å²) in [6, 6.07) is 12.1. The summed E-state index contributed by atoms with van der Waals surface area (Å²) in [4.78, 5) is 7.79. The Morgan fingerprint density at radius 1 is 1.18 bits per heavy atom. The summed E-state index contributed by atoms with van der Waals surface area (Å²) in [6.07, 6.45) is 1.18. The second kappa shape index (κ2) is 5.34. The fraction of sp³-hybridized carbons (Fsp3) is 0.133. The van der Waals surface area contributed by atoms with Crippen LogP contribution >= 0.6 is 0 Å². The molecule has 2 N–H and O–H groups in total. The predicted molar refractivity (Wildman–Crippen MR) is 85.5 cm³/mol. The van der Waals surface area contributed by atoms with Gasteiger partial charge in [0.1, 0.15) is 5.75 Å². The molecule has 0 bridgehead atoms. The Balaban J connectivity index is 1.93. The number of ether oxygens (including phenoxy) is 1. The maximum Gasteiger partial charge on any atom is 0.205 e. The summed E-state index contributed by atoms with van der Waals surface area (Å²) in [7, 11) is -1.63. The van der Waals surface area contributed by atoms with Gasteiger partial charge in [-0.3, -0.25) is 0 Å². The molecule has 0 fully saturated rings. The Bertz CT molecular complexity index is 932. The Kier molecular flexibility index (Phi) is 3.50. The number of aromatic amines is 1. The van der Waals surface area contributed by atoms with Gasteiger partial charge in [-0.25, -0.2) is 13.4 Å². The van der Waals surface area contributed by atoms with Crippen LogP contribution in [-0.2, 0) is 9.84 Å². The number of imidazole rings is 1. The van der Waals surface area contributed by atoms with E-state index in [-0.39, 0.29) is 4.90 Å². The van der Waals surface area contributed by atoms with Crippen molar-refractivity contribution in [2.45, 2.75) is 4.90 Å². The average molecular weight is 317 g/mol. The van der Waals surface area contributed by atoms with Crippen LogP contribution in [0.5, 0.6) is 5.75 Å². The molecule has 0 amide bonds. The smallest absolute Gasteiger partial charge is 0.205 e. The first kappa shape index (κ1) is 14.4. The molecule has 0 radical (unpaired) electrons. The van der Waals surface area contributed by atoms with Crippen molar-refractivity contribution in [1.82, 2.24) is 9.97 Å². The van der Waals surface area contributed by atoms with Gasteiger partial charge in [-0.15, -0.1) is 0 Å². The normalized spacial score (nSPS) is 11.5. The van der Waals surface area contributed by atoms with Gasteiger partial charge in [-0.1, -0.05) is 6.07 Å². The van der Waals surface area contributed by atoms with Crippen molar-refractivity contribution in [3.63, 3.8) is 0 Å². The van der Waals surface area contributed by atoms with Gasteiger partial charge in [0, 0.05) is 18.0 Å². The summed E-state index contributed by atoms with van der Waals surface area (Å²) < 4.78 is 28.3. The molecule has 3 rings (SSSR count). The summed E-state index contributed by atoms with van der Waals surface area (Å²) in [5, 5.41) is 3.07. The molecule has 0 atom stereocenters. The monoisotopic (exact) mass is 317 g/mol. The Morgan fingerprint density at radius 2 is 2.00 bits per heavy atom. The van der Waals surface area contributed by atoms with E-state index in [9.17, 15) is 8.42 Å². The van der Waals surface area contributed by atoms with Crippen molar-refractivity contribution in [3.8, 4) is 5.75 Å². The van der Waals surface area contributed by atoms with Gasteiger partial charge in [-0.05, 0) is 30.3 Å². The molecule has 2 aromatic carbocycles. The number of nitrogens with zero attached hydrogens (tertiary/aromatic N) is 1. The van der Waals surface area contributed by atoms with Gasteiger partial charge in [0.05, 0.1) is 23.0 Å². The van der Waals surface area contributed by atoms with E-state index in [1.165, 1.54) is 6.26 Å². The molecule has 22 heavy (non-hydrogen) atoms. The van der Waals surface area contributed by atoms with Crippen LogP contribution < -0.4 is 10.1 Å². The highest BCUT2D eigenvalue weighted by Gasteiger charge is 2.09. The zero-order chi connectivity index (χ0) is 15.7. The molecular formula is C15H15N3O3S. The largest absolute Gasteiger partial charge is 0.497 e. The van der Waals surface area contributed by atoms with Crippen LogP contribution in [0.1, 0.15) is 0 Å². The van der Waals surface area contributed by atoms with Crippen molar-refractivity contribution in [2.75, 3.05) is 18.7 Å². The van der Waals surface area contributed by atoms with Gasteiger partial charge in [0.2, 0.25) is 5.95 Å². The summed E-state index contributed by atoms with van der Waals surface area (Å²) in [6.45, 7) is 0. The quantitative estimate of drug-likeness (QED) is 0.773. The molecule has 1 aromatic heterocycles. The van der Waals surface area contributed by atoms with Gasteiger partial charge in [0.25, 0.3) is 0 Å². The zero-order valence-electron chi connectivity index (χ0n) is 12.1. The molecule has 114 valence electrons. The molecule has 7 heteroatoms. The van der Waals surface area contributed by atoms with E-state index >= 15 is 0 Å². The molecular weight excluding hydrogens is 302 g/mol. The minimum Gasteiger partial charge on any atom is -0.497 e. The highest BCUT2D eigenvalue weighted by molar-refractivity contribution is 7.90. The lowest BCUT2D eigenvalue weighted by molar-refractivity contribution is 0.415. The van der Waals surface area contributed by atoms with Crippen LogP contribution in [0.4, 0.5) is 11.6 Å². The molecule has 0 spiro atoms. The third-order valence-electron chi connectivity index (χ3n) is 3.21. The maximum atomic E-state index is 11.6. The van der Waals surface area contributed by atoms with Crippen molar-refractivity contribution < 1.29 is 13.2 Å². The lowest BCUT2D eigenvalue weighted by Gasteiger charge is -2.04. The number of fused-ring (bicyclic) bond motifs is 1. The Hall–Kier alpha value is -2.54. The number of hydrogen-bond donors (Lipinski definition) is 2. The number of rotatable bonds is 4. The Morgan fingerprint density at radius 3 is 2.73 bits per heavy atom. The Labute approximate surface area is 128 Å². The average Bonchev–Trinajstić information content (AvgIpc) is 2.87. The minimum absolute atomic E-state index is 0.260. The third-order valence-corrected chi connectivity index (χ3v) is 4.32. The van der Waals surface area contributed by atoms with Crippen LogP contribution in [0, 0.1) is 0 Å². The number of hydrogen-bond acceptors (Lipinski definition) is 5. The molecule has 0 aliphatic heterocycles. The van der Waals surface area contributed by atoms with Crippen molar-refractivity contribution in [1.29, 1.82) is 0 Å². The molecule has 0 saturated heterocycles. The minimum atomic E-state index is -3.24. The number of H-pyrrole nitrogens is 1. The van der Waals surface area contributed by atoms with Gasteiger partial charge < -0.3 is 15.0 Å². The molecule has 6 nitrogen and oxygen atoms in total. The lowest BCUT2D eigenvalue weighted by Crippen LogP contribution is -1.99. The van der Waals surface area contributed by atoms with E-state index in [0.29, 0.717) is 11.6 Å². The van der Waals surface area contributed by atoms with Crippen LogP contribution in [0.2, 0.25) is 0 Å². The molecule has 0 aliphatic rings. The molecule has 0 aliphatic carbocycles. The summed E-state index contributed by atoms with van der Waals surface area (Å²) >= 11 is 0. The van der Waals surface area contributed by atoms with Crippen molar-refractivity contribution in [3.05, 3.63) is 42.5 Å². The first-order chi connectivity index (χ1) is 10.5. The van der Waals surface area contributed by atoms with Crippen molar-refractivity contribution in [2.24, 2.45) is 0 Å². The van der Waals surface area contributed by atoms with E-state index < -0.39 is 9.84 Å². The first-order valence-corrected chi connectivity index (χ1v) is 8.46.